The summed E-state index contributed by atoms with van der Waals surface area (Å²) in [6.45, 7) is 5.81. The third-order valence-corrected chi connectivity index (χ3v) is 2.57. The highest BCUT2D eigenvalue weighted by Crippen LogP contribution is 1.95. The normalized spacial score (nSPS) is 14.6. The van der Waals surface area contributed by atoms with E-state index in [0.29, 0.717) is 6.42 Å². The largest absolute Gasteiger partial charge is 0.336 e. The van der Waals surface area contributed by atoms with Crippen molar-refractivity contribution in [2.24, 2.45) is 0 Å². The van der Waals surface area contributed by atoms with Crippen LogP contribution in [0, 0.1) is 0 Å². The quantitative estimate of drug-likeness (QED) is 0.689. The molecule has 0 aliphatic heterocycles. The lowest BCUT2D eigenvalue weighted by Gasteiger charge is -2.10. The second-order valence-electron chi connectivity index (χ2n) is 2.70. The maximum Gasteiger partial charge on any atom is 0.336 e. The minimum Gasteiger partial charge on any atom is -0.258 e. The van der Waals surface area contributed by atoms with E-state index in [4.69, 9.17) is 0 Å². The summed E-state index contributed by atoms with van der Waals surface area (Å²) in [5.74, 6) is 0. The summed E-state index contributed by atoms with van der Waals surface area (Å²) in [5, 5.41) is 0. The van der Waals surface area contributed by atoms with Gasteiger partial charge in [-0.3, -0.25) is 4.18 Å². The fourth-order valence-corrected chi connectivity index (χ4v) is 1.67. The molecule has 1 N–H and O–H groups in total. The van der Waals surface area contributed by atoms with Gasteiger partial charge in [-0.05, 0) is 19.8 Å². The van der Waals surface area contributed by atoms with Gasteiger partial charge in [0.2, 0.25) is 0 Å². The predicted molar refractivity (Wildman–Crippen MR) is 48.1 cm³/mol. The van der Waals surface area contributed by atoms with Crippen LogP contribution in [0.3, 0.4) is 0 Å². The van der Waals surface area contributed by atoms with Crippen molar-refractivity contribution in [3.8, 4) is 0 Å². The van der Waals surface area contributed by atoms with Crippen LogP contribution in [0.5, 0.6) is 0 Å². The molecule has 0 amide bonds. The van der Waals surface area contributed by atoms with Crippen molar-refractivity contribution in [2.75, 3.05) is 6.61 Å². The van der Waals surface area contributed by atoms with Gasteiger partial charge in [0.25, 0.3) is 0 Å². The van der Waals surface area contributed by atoms with Crippen molar-refractivity contribution in [3.05, 3.63) is 0 Å². The molecule has 0 aliphatic rings. The Labute approximate surface area is 74.6 Å². The van der Waals surface area contributed by atoms with Crippen LogP contribution in [0.25, 0.3) is 0 Å². The van der Waals surface area contributed by atoms with Crippen LogP contribution in [0.2, 0.25) is 0 Å². The Morgan fingerprint density at radius 3 is 2.42 bits per heavy atom. The van der Waals surface area contributed by atoms with Gasteiger partial charge in [0.1, 0.15) is 0 Å². The van der Waals surface area contributed by atoms with Gasteiger partial charge < -0.3 is 0 Å². The molecular weight excluding hydrogens is 178 g/mol. The average molecular weight is 195 g/mol. The highest BCUT2D eigenvalue weighted by Gasteiger charge is 2.12. The highest BCUT2D eigenvalue weighted by molar-refractivity contribution is 7.84. The van der Waals surface area contributed by atoms with Gasteiger partial charge in [0.05, 0.1) is 6.61 Å². The Bertz CT molecular complexity index is 201. The molecule has 12 heavy (non-hydrogen) atoms. The van der Waals surface area contributed by atoms with Crippen molar-refractivity contribution in [3.63, 3.8) is 0 Å². The summed E-state index contributed by atoms with van der Waals surface area (Å²) in [7, 11) is -3.51. The van der Waals surface area contributed by atoms with Crippen LogP contribution in [0.4, 0.5) is 0 Å². The molecule has 0 fully saturated rings. The topological polar surface area (TPSA) is 55.4 Å². The van der Waals surface area contributed by atoms with Gasteiger partial charge in [0.15, 0.2) is 0 Å². The Kier molecular flexibility index (Phi) is 5.44. The Morgan fingerprint density at radius 2 is 2.00 bits per heavy atom. The molecule has 0 rings (SSSR count). The highest BCUT2D eigenvalue weighted by atomic mass is 32.2. The minimum absolute atomic E-state index is 0.0631. The molecule has 0 aromatic carbocycles. The first-order chi connectivity index (χ1) is 5.52. The van der Waals surface area contributed by atoms with E-state index in [9.17, 15) is 8.42 Å². The molecule has 0 aromatic heterocycles. The molecule has 0 heterocycles. The van der Waals surface area contributed by atoms with Crippen LogP contribution >= 0.6 is 0 Å². The second-order valence-corrected chi connectivity index (χ2v) is 4.08. The average Bonchev–Trinajstić information content (AvgIpc) is 2.00. The second kappa shape index (κ2) is 5.50. The summed E-state index contributed by atoms with van der Waals surface area (Å²) in [6.07, 6.45) is 1.45. The van der Waals surface area contributed by atoms with E-state index in [0.717, 1.165) is 6.42 Å². The zero-order valence-electron chi connectivity index (χ0n) is 7.83. The molecule has 0 bridgehead atoms. The minimum atomic E-state index is -3.51. The lowest BCUT2D eigenvalue weighted by Crippen LogP contribution is -2.33. The van der Waals surface area contributed by atoms with Gasteiger partial charge in [-0.15, -0.1) is 0 Å². The molecule has 74 valence electrons. The molecule has 0 saturated heterocycles. The van der Waals surface area contributed by atoms with Gasteiger partial charge in [-0.2, -0.15) is 13.1 Å². The van der Waals surface area contributed by atoms with E-state index in [-0.39, 0.29) is 12.6 Å². The first-order valence-electron chi connectivity index (χ1n) is 4.18. The first-order valence-corrected chi connectivity index (χ1v) is 5.59. The van der Waals surface area contributed by atoms with E-state index in [1.165, 1.54) is 0 Å². The fraction of sp³-hybridized carbons (Fsp3) is 1.00. The van der Waals surface area contributed by atoms with Crippen molar-refractivity contribution in [2.45, 2.75) is 39.7 Å². The zero-order valence-corrected chi connectivity index (χ0v) is 8.65. The molecule has 4 nitrogen and oxygen atoms in total. The fourth-order valence-electron chi connectivity index (χ4n) is 0.557. The summed E-state index contributed by atoms with van der Waals surface area (Å²) >= 11 is 0. The van der Waals surface area contributed by atoms with Crippen molar-refractivity contribution in [1.29, 1.82) is 0 Å². The van der Waals surface area contributed by atoms with E-state index in [1.807, 2.05) is 13.8 Å². The molecule has 1 unspecified atom stereocenters. The monoisotopic (exact) mass is 195 g/mol. The SMILES string of the molecule is CCCOS(=O)(=O)NC(C)CC. The molecule has 0 radical (unpaired) electrons. The maximum atomic E-state index is 11.0. The molecule has 0 aromatic rings. The third kappa shape index (κ3) is 5.51. The van der Waals surface area contributed by atoms with Crippen LogP contribution in [0.15, 0.2) is 0 Å². The lowest BCUT2D eigenvalue weighted by atomic mass is 10.3. The number of nitrogens with one attached hydrogen (secondary N) is 1. The standard InChI is InChI=1S/C7H17NO3S/c1-4-6-11-12(9,10)8-7(3)5-2/h7-8H,4-6H2,1-3H3. The van der Waals surface area contributed by atoms with Crippen LogP contribution < -0.4 is 4.72 Å². The smallest absolute Gasteiger partial charge is 0.258 e. The first kappa shape index (κ1) is 11.9. The molecular formula is C7H17NO3S. The molecule has 0 aliphatic carbocycles. The zero-order chi connectivity index (χ0) is 9.61. The Morgan fingerprint density at radius 1 is 1.42 bits per heavy atom. The van der Waals surface area contributed by atoms with Crippen molar-refractivity contribution in [1.82, 2.24) is 4.72 Å². The van der Waals surface area contributed by atoms with Crippen LogP contribution in [-0.4, -0.2) is 21.1 Å². The number of hydrogen-bond donors (Lipinski definition) is 1. The van der Waals surface area contributed by atoms with Crippen LogP contribution in [-0.2, 0) is 14.5 Å². The third-order valence-electron chi connectivity index (χ3n) is 1.40. The Hall–Kier alpha value is -0.130. The summed E-state index contributed by atoms with van der Waals surface area (Å²) in [5.41, 5.74) is 0. The molecule has 1 atom stereocenters. The van der Waals surface area contributed by atoms with Gasteiger partial charge >= 0.3 is 10.3 Å². The summed E-state index contributed by atoms with van der Waals surface area (Å²) < 4.78 is 29.1. The van der Waals surface area contributed by atoms with E-state index >= 15 is 0 Å². The Balaban J connectivity index is 3.88. The summed E-state index contributed by atoms with van der Waals surface area (Å²) in [4.78, 5) is 0. The summed E-state index contributed by atoms with van der Waals surface area (Å²) in [6, 6.07) is -0.0631. The molecule has 0 spiro atoms. The van der Waals surface area contributed by atoms with Crippen molar-refractivity contribution < 1.29 is 12.6 Å². The molecule has 5 heteroatoms. The lowest BCUT2D eigenvalue weighted by molar-refractivity contribution is 0.307. The predicted octanol–water partition coefficient (Wildman–Crippen LogP) is 1.05. The van der Waals surface area contributed by atoms with E-state index in [1.54, 1.807) is 6.92 Å². The molecule has 0 saturated carbocycles. The maximum absolute atomic E-state index is 11.0. The van der Waals surface area contributed by atoms with Gasteiger partial charge in [-0.25, -0.2) is 0 Å². The van der Waals surface area contributed by atoms with Gasteiger partial charge in [0, 0.05) is 6.04 Å². The number of hydrogen-bond acceptors (Lipinski definition) is 3. The van der Waals surface area contributed by atoms with Gasteiger partial charge in [-0.1, -0.05) is 13.8 Å². The number of rotatable bonds is 6. The van der Waals surface area contributed by atoms with E-state index < -0.39 is 10.3 Å². The van der Waals surface area contributed by atoms with Crippen LogP contribution in [0.1, 0.15) is 33.6 Å². The van der Waals surface area contributed by atoms with E-state index in [2.05, 4.69) is 8.91 Å². The van der Waals surface area contributed by atoms with Crippen molar-refractivity contribution >= 4 is 10.3 Å².